The summed E-state index contributed by atoms with van der Waals surface area (Å²) in [6, 6.07) is 16.0. The number of nitrogens with zero attached hydrogens (tertiary/aromatic N) is 1. The number of rotatable bonds is 3. The zero-order valence-electron chi connectivity index (χ0n) is 15.0. The first kappa shape index (κ1) is 17.7. The van der Waals surface area contributed by atoms with E-state index in [2.05, 4.69) is 0 Å². The van der Waals surface area contributed by atoms with E-state index >= 15 is 0 Å². The third-order valence-corrected chi connectivity index (χ3v) is 5.73. The van der Waals surface area contributed by atoms with Gasteiger partial charge in [0.05, 0.1) is 0 Å². The van der Waals surface area contributed by atoms with Crippen molar-refractivity contribution < 1.29 is 18.7 Å². The summed E-state index contributed by atoms with van der Waals surface area (Å²) in [7, 11) is 0. The van der Waals surface area contributed by atoms with Crippen LogP contribution in [0.1, 0.15) is 29.9 Å². The van der Waals surface area contributed by atoms with E-state index in [0.29, 0.717) is 31.5 Å². The van der Waals surface area contributed by atoms with Gasteiger partial charge in [-0.05, 0) is 36.0 Å². The van der Waals surface area contributed by atoms with Gasteiger partial charge < -0.3 is 9.64 Å². The summed E-state index contributed by atoms with van der Waals surface area (Å²) in [6.45, 7) is 1.24. The van der Waals surface area contributed by atoms with Crippen LogP contribution in [0, 0.1) is 17.7 Å². The molecular formula is C22H22FNO3. The number of carbonyl (C=O) groups is 2. The van der Waals surface area contributed by atoms with Crippen molar-refractivity contribution in [1.29, 1.82) is 0 Å². The number of likely N-dealkylation sites (tertiary alicyclic amines) is 1. The number of hydrogen-bond donors (Lipinski definition) is 0. The van der Waals surface area contributed by atoms with Crippen molar-refractivity contribution in [3.8, 4) is 0 Å². The summed E-state index contributed by atoms with van der Waals surface area (Å²) in [5, 5.41) is 0. The molecule has 0 N–H and O–H groups in total. The van der Waals surface area contributed by atoms with Crippen LogP contribution in [-0.2, 0) is 16.1 Å². The Labute approximate surface area is 157 Å². The predicted molar refractivity (Wildman–Crippen MR) is 98.6 cm³/mol. The van der Waals surface area contributed by atoms with Crippen molar-refractivity contribution in [1.82, 2.24) is 4.90 Å². The number of halogens is 1. The van der Waals surface area contributed by atoms with Gasteiger partial charge in [0.1, 0.15) is 18.2 Å². The predicted octanol–water partition coefficient (Wildman–Crippen LogP) is 4.16. The SMILES string of the molecule is O=C1C(c2ccccc2F)CC2CN(C(=O)OCc3ccccc3)CCC12. The normalized spacial score (nSPS) is 24.6. The third-order valence-electron chi connectivity index (χ3n) is 5.73. The molecule has 2 aromatic carbocycles. The van der Waals surface area contributed by atoms with Crippen LogP contribution in [0.4, 0.5) is 9.18 Å². The number of ketones is 1. The Balaban J connectivity index is 1.39. The zero-order valence-corrected chi connectivity index (χ0v) is 15.0. The number of piperidine rings is 1. The van der Waals surface area contributed by atoms with Crippen molar-refractivity contribution >= 4 is 11.9 Å². The number of carbonyl (C=O) groups excluding carboxylic acids is 2. The topological polar surface area (TPSA) is 46.6 Å². The maximum atomic E-state index is 14.1. The number of ether oxygens (including phenoxy) is 1. The van der Waals surface area contributed by atoms with Gasteiger partial charge in [0.25, 0.3) is 0 Å². The first-order valence-corrected chi connectivity index (χ1v) is 9.37. The van der Waals surface area contributed by atoms with Crippen LogP contribution in [0.3, 0.4) is 0 Å². The Hall–Kier alpha value is -2.69. The minimum absolute atomic E-state index is 0.0696. The lowest BCUT2D eigenvalue weighted by Gasteiger charge is -2.33. The highest BCUT2D eigenvalue weighted by Gasteiger charge is 2.46. The van der Waals surface area contributed by atoms with E-state index in [1.165, 1.54) is 6.07 Å². The lowest BCUT2D eigenvalue weighted by atomic mass is 9.88. The van der Waals surface area contributed by atoms with E-state index in [1.807, 2.05) is 30.3 Å². The Morgan fingerprint density at radius 2 is 1.85 bits per heavy atom. The molecule has 3 unspecified atom stereocenters. The average Bonchev–Trinajstić information content (AvgIpc) is 3.03. The van der Waals surface area contributed by atoms with E-state index in [9.17, 15) is 14.0 Å². The van der Waals surface area contributed by atoms with Crippen molar-refractivity contribution in [2.45, 2.75) is 25.4 Å². The van der Waals surface area contributed by atoms with Gasteiger partial charge in [-0.25, -0.2) is 9.18 Å². The van der Waals surface area contributed by atoms with Gasteiger partial charge in [-0.15, -0.1) is 0 Å². The van der Waals surface area contributed by atoms with Crippen LogP contribution in [-0.4, -0.2) is 29.9 Å². The second-order valence-electron chi connectivity index (χ2n) is 7.35. The monoisotopic (exact) mass is 367 g/mol. The van der Waals surface area contributed by atoms with E-state index in [0.717, 1.165) is 5.56 Å². The molecular weight excluding hydrogens is 345 g/mol. The van der Waals surface area contributed by atoms with Gasteiger partial charge in [-0.2, -0.15) is 0 Å². The molecule has 4 nitrogen and oxygen atoms in total. The van der Waals surface area contributed by atoms with Gasteiger partial charge in [-0.1, -0.05) is 48.5 Å². The Bertz CT molecular complexity index is 838. The van der Waals surface area contributed by atoms with Gasteiger partial charge >= 0.3 is 6.09 Å². The molecule has 3 atom stereocenters. The highest BCUT2D eigenvalue weighted by molar-refractivity contribution is 5.90. The molecule has 2 aromatic rings. The summed E-state index contributed by atoms with van der Waals surface area (Å²) >= 11 is 0. The number of fused-ring (bicyclic) bond motifs is 1. The highest BCUT2D eigenvalue weighted by Crippen LogP contribution is 2.44. The molecule has 1 aliphatic carbocycles. The smallest absolute Gasteiger partial charge is 0.410 e. The molecule has 1 saturated carbocycles. The third kappa shape index (κ3) is 3.59. The molecule has 1 saturated heterocycles. The van der Waals surface area contributed by atoms with Crippen LogP contribution in [0.2, 0.25) is 0 Å². The minimum atomic E-state index is -0.401. The van der Waals surface area contributed by atoms with Crippen LogP contribution in [0.15, 0.2) is 54.6 Å². The maximum Gasteiger partial charge on any atom is 0.410 e. The Morgan fingerprint density at radius 3 is 2.63 bits per heavy atom. The molecule has 1 aliphatic heterocycles. The number of hydrogen-bond acceptors (Lipinski definition) is 3. The Morgan fingerprint density at radius 1 is 1.11 bits per heavy atom. The van der Waals surface area contributed by atoms with Crippen LogP contribution in [0.25, 0.3) is 0 Å². The summed E-state index contributed by atoms with van der Waals surface area (Å²) < 4.78 is 19.5. The van der Waals surface area contributed by atoms with Gasteiger partial charge in [0.2, 0.25) is 0 Å². The van der Waals surface area contributed by atoms with E-state index < -0.39 is 5.92 Å². The highest BCUT2D eigenvalue weighted by atomic mass is 19.1. The molecule has 0 radical (unpaired) electrons. The van der Waals surface area contributed by atoms with E-state index in [4.69, 9.17) is 4.74 Å². The fourth-order valence-corrected chi connectivity index (χ4v) is 4.34. The molecule has 0 bridgehead atoms. The molecule has 0 spiro atoms. The molecule has 5 heteroatoms. The van der Waals surface area contributed by atoms with E-state index in [1.54, 1.807) is 23.1 Å². The summed E-state index contributed by atoms with van der Waals surface area (Å²) in [5.74, 6) is -0.634. The summed E-state index contributed by atoms with van der Waals surface area (Å²) in [5.41, 5.74) is 1.42. The van der Waals surface area contributed by atoms with Gasteiger partial charge in [0, 0.05) is 24.9 Å². The molecule has 140 valence electrons. The van der Waals surface area contributed by atoms with Crippen LogP contribution < -0.4 is 0 Å². The quantitative estimate of drug-likeness (QED) is 0.818. The minimum Gasteiger partial charge on any atom is -0.445 e. The van der Waals surface area contributed by atoms with Crippen LogP contribution in [0.5, 0.6) is 0 Å². The van der Waals surface area contributed by atoms with E-state index in [-0.39, 0.29) is 36.1 Å². The number of Topliss-reactive ketones (excluding diaryl/α,β-unsaturated/α-hetero) is 1. The molecule has 1 heterocycles. The summed E-state index contributed by atoms with van der Waals surface area (Å²) in [4.78, 5) is 26.9. The fourth-order valence-electron chi connectivity index (χ4n) is 4.34. The lowest BCUT2D eigenvalue weighted by molar-refractivity contribution is -0.123. The number of amides is 1. The molecule has 27 heavy (non-hydrogen) atoms. The zero-order chi connectivity index (χ0) is 18.8. The summed E-state index contributed by atoms with van der Waals surface area (Å²) in [6.07, 6.45) is 0.862. The fraction of sp³-hybridized carbons (Fsp3) is 0.364. The van der Waals surface area contributed by atoms with Crippen LogP contribution >= 0.6 is 0 Å². The standard InChI is InChI=1S/C22H22FNO3/c23-20-9-5-4-8-18(20)19-12-16-13-24(11-10-17(16)21(19)25)22(26)27-14-15-6-2-1-3-7-15/h1-9,16-17,19H,10-14H2. The first-order valence-electron chi connectivity index (χ1n) is 9.37. The second-order valence-corrected chi connectivity index (χ2v) is 7.35. The second kappa shape index (κ2) is 7.51. The maximum absolute atomic E-state index is 14.1. The van der Waals surface area contributed by atoms with Crippen molar-refractivity contribution in [2.75, 3.05) is 13.1 Å². The molecule has 1 amide bonds. The van der Waals surface area contributed by atoms with Crippen molar-refractivity contribution in [3.05, 3.63) is 71.5 Å². The van der Waals surface area contributed by atoms with Gasteiger partial charge in [-0.3, -0.25) is 4.79 Å². The van der Waals surface area contributed by atoms with Crippen molar-refractivity contribution in [2.24, 2.45) is 11.8 Å². The number of benzene rings is 2. The lowest BCUT2D eigenvalue weighted by Crippen LogP contribution is -2.43. The molecule has 0 aromatic heterocycles. The van der Waals surface area contributed by atoms with Gasteiger partial charge in [0.15, 0.2) is 0 Å². The first-order chi connectivity index (χ1) is 13.1. The Kier molecular flexibility index (Phi) is 4.92. The molecule has 2 aliphatic rings. The molecule has 2 fully saturated rings. The average molecular weight is 367 g/mol. The van der Waals surface area contributed by atoms with Crippen molar-refractivity contribution in [3.63, 3.8) is 0 Å². The molecule has 4 rings (SSSR count). The largest absolute Gasteiger partial charge is 0.445 e.